The highest BCUT2D eigenvalue weighted by Gasteiger charge is 2.20. The Hall–Kier alpha value is -2.38. The number of hydrogen-bond donors (Lipinski definition) is 1. The Morgan fingerprint density at radius 1 is 1.14 bits per heavy atom. The van der Waals surface area contributed by atoms with Crippen LogP contribution < -0.4 is 5.32 Å². The lowest BCUT2D eigenvalue weighted by atomic mass is 10.1. The topological polar surface area (TPSA) is 76.4 Å². The van der Waals surface area contributed by atoms with Crippen LogP contribution >= 0.6 is 23.4 Å². The molecule has 1 aromatic carbocycles. The van der Waals surface area contributed by atoms with E-state index in [9.17, 15) is 9.59 Å². The summed E-state index contributed by atoms with van der Waals surface area (Å²) in [4.78, 5) is 24.8. The third kappa shape index (κ3) is 5.11. The zero-order chi connectivity index (χ0) is 19.9. The minimum absolute atomic E-state index is 0.0830. The van der Waals surface area contributed by atoms with E-state index in [4.69, 9.17) is 11.6 Å². The van der Waals surface area contributed by atoms with Gasteiger partial charge in [-0.25, -0.2) is 0 Å². The molecule has 0 fully saturated rings. The number of carbonyl (C=O) groups excluding carboxylic acids is 2. The summed E-state index contributed by atoms with van der Waals surface area (Å²) in [5, 5.41) is 12.0. The van der Waals surface area contributed by atoms with E-state index in [0.29, 0.717) is 16.4 Å². The first-order valence-electron chi connectivity index (χ1n) is 8.95. The predicted octanol–water partition coefficient (Wildman–Crippen LogP) is 3.96. The summed E-state index contributed by atoms with van der Waals surface area (Å²) in [6.45, 7) is 0. The lowest BCUT2D eigenvalue weighted by molar-refractivity contribution is -0.121. The standard InChI is InChI=1S/C20H21ClN4O2S/c1-28-13-11-16(20-24-23-18-4-2-3-12-25(18)20)22-19(27)10-9-17(26)14-5-7-15(21)8-6-14/h2-8,12,16H,9-11,13H2,1H3,(H,22,27). The molecular weight excluding hydrogens is 396 g/mol. The average molecular weight is 417 g/mol. The number of Topliss-reactive ketones (excluding diaryl/α,β-unsaturated/α-hetero) is 1. The number of nitrogens with one attached hydrogen (secondary N) is 1. The van der Waals surface area contributed by atoms with Crippen molar-refractivity contribution < 1.29 is 9.59 Å². The number of pyridine rings is 1. The van der Waals surface area contributed by atoms with Crippen LogP contribution in [0.15, 0.2) is 48.7 Å². The van der Waals surface area contributed by atoms with E-state index in [1.165, 1.54) is 0 Å². The Morgan fingerprint density at radius 2 is 1.93 bits per heavy atom. The molecule has 3 aromatic rings. The maximum absolute atomic E-state index is 12.5. The van der Waals surface area contributed by atoms with E-state index < -0.39 is 0 Å². The fourth-order valence-electron chi connectivity index (χ4n) is 2.87. The highest BCUT2D eigenvalue weighted by Crippen LogP contribution is 2.19. The quantitative estimate of drug-likeness (QED) is 0.534. The van der Waals surface area contributed by atoms with Gasteiger partial charge < -0.3 is 5.32 Å². The number of ketones is 1. The molecule has 0 aliphatic heterocycles. The van der Waals surface area contributed by atoms with Gasteiger partial charge in [0.2, 0.25) is 5.91 Å². The summed E-state index contributed by atoms with van der Waals surface area (Å²) in [6, 6.07) is 12.1. The molecule has 2 heterocycles. The van der Waals surface area contributed by atoms with Gasteiger partial charge in [-0.05, 0) is 54.8 Å². The molecule has 0 bridgehead atoms. The normalized spacial score (nSPS) is 12.1. The van der Waals surface area contributed by atoms with Crippen molar-refractivity contribution >= 4 is 40.7 Å². The molecule has 1 unspecified atom stereocenters. The highest BCUT2D eigenvalue weighted by molar-refractivity contribution is 7.98. The van der Waals surface area contributed by atoms with Crippen LogP contribution in [0.4, 0.5) is 0 Å². The molecule has 0 saturated carbocycles. The molecule has 0 spiro atoms. The molecular formula is C20H21ClN4O2S. The summed E-state index contributed by atoms with van der Waals surface area (Å²) >= 11 is 7.55. The van der Waals surface area contributed by atoms with Crippen LogP contribution in [0.1, 0.15) is 41.5 Å². The zero-order valence-electron chi connectivity index (χ0n) is 15.5. The van der Waals surface area contributed by atoms with Gasteiger partial charge in [0.1, 0.15) is 0 Å². The second kappa shape index (κ2) is 9.71. The van der Waals surface area contributed by atoms with Crippen molar-refractivity contribution in [2.24, 2.45) is 0 Å². The number of rotatable bonds is 9. The van der Waals surface area contributed by atoms with Crippen molar-refractivity contribution in [2.75, 3.05) is 12.0 Å². The largest absolute Gasteiger partial charge is 0.346 e. The average Bonchev–Trinajstić information content (AvgIpc) is 3.14. The van der Waals surface area contributed by atoms with Gasteiger partial charge in [0.25, 0.3) is 0 Å². The first-order chi connectivity index (χ1) is 13.6. The van der Waals surface area contributed by atoms with Gasteiger partial charge >= 0.3 is 0 Å². The molecule has 2 aromatic heterocycles. The summed E-state index contributed by atoms with van der Waals surface area (Å²) in [7, 11) is 0. The van der Waals surface area contributed by atoms with Crippen LogP contribution in [-0.4, -0.2) is 38.3 Å². The number of benzene rings is 1. The molecule has 8 heteroatoms. The van der Waals surface area contributed by atoms with E-state index in [0.717, 1.165) is 17.8 Å². The molecule has 6 nitrogen and oxygen atoms in total. The maximum atomic E-state index is 12.5. The fraction of sp³-hybridized carbons (Fsp3) is 0.300. The van der Waals surface area contributed by atoms with Crippen molar-refractivity contribution in [3.63, 3.8) is 0 Å². The van der Waals surface area contributed by atoms with E-state index in [1.807, 2.05) is 35.1 Å². The van der Waals surface area contributed by atoms with E-state index in [1.54, 1.807) is 36.0 Å². The minimum atomic E-state index is -0.261. The van der Waals surface area contributed by atoms with Gasteiger partial charge in [0, 0.05) is 29.6 Å². The van der Waals surface area contributed by atoms with E-state index >= 15 is 0 Å². The van der Waals surface area contributed by atoms with Crippen LogP contribution in [0.25, 0.3) is 5.65 Å². The smallest absolute Gasteiger partial charge is 0.221 e. The summed E-state index contributed by atoms with van der Waals surface area (Å²) in [5.41, 5.74) is 1.29. The molecule has 146 valence electrons. The van der Waals surface area contributed by atoms with Crippen molar-refractivity contribution in [1.82, 2.24) is 19.9 Å². The lowest BCUT2D eigenvalue weighted by Gasteiger charge is -2.17. The van der Waals surface area contributed by atoms with Crippen LogP contribution in [0.3, 0.4) is 0 Å². The van der Waals surface area contributed by atoms with Crippen molar-refractivity contribution in [1.29, 1.82) is 0 Å². The number of aromatic nitrogens is 3. The monoisotopic (exact) mass is 416 g/mol. The number of carbonyl (C=O) groups is 2. The number of fused-ring (bicyclic) bond motifs is 1. The van der Waals surface area contributed by atoms with Gasteiger partial charge in [-0.1, -0.05) is 17.7 Å². The predicted molar refractivity (Wildman–Crippen MR) is 112 cm³/mol. The molecule has 0 saturated heterocycles. The van der Waals surface area contributed by atoms with Crippen LogP contribution in [0.2, 0.25) is 5.02 Å². The second-order valence-corrected chi connectivity index (χ2v) is 7.74. The van der Waals surface area contributed by atoms with E-state index in [-0.39, 0.29) is 30.6 Å². The van der Waals surface area contributed by atoms with Gasteiger partial charge in [-0.3, -0.25) is 14.0 Å². The molecule has 28 heavy (non-hydrogen) atoms. The first-order valence-corrected chi connectivity index (χ1v) is 10.7. The third-order valence-electron chi connectivity index (χ3n) is 4.34. The Labute approximate surface area is 172 Å². The Kier molecular flexibility index (Phi) is 7.06. The van der Waals surface area contributed by atoms with Gasteiger partial charge in [-0.2, -0.15) is 11.8 Å². The zero-order valence-corrected chi connectivity index (χ0v) is 17.0. The Bertz CT molecular complexity index is 958. The highest BCUT2D eigenvalue weighted by atomic mass is 35.5. The third-order valence-corrected chi connectivity index (χ3v) is 5.24. The van der Waals surface area contributed by atoms with E-state index in [2.05, 4.69) is 15.5 Å². The molecule has 0 aliphatic rings. The Balaban J connectivity index is 1.64. The minimum Gasteiger partial charge on any atom is -0.346 e. The molecule has 3 rings (SSSR count). The van der Waals surface area contributed by atoms with Crippen LogP contribution in [0, 0.1) is 0 Å². The number of nitrogens with zero attached hydrogens (tertiary/aromatic N) is 3. The van der Waals surface area contributed by atoms with Crippen molar-refractivity contribution in [3.8, 4) is 0 Å². The number of thioether (sulfide) groups is 1. The van der Waals surface area contributed by atoms with Gasteiger partial charge in [0.05, 0.1) is 6.04 Å². The Morgan fingerprint density at radius 3 is 2.68 bits per heavy atom. The second-order valence-electron chi connectivity index (χ2n) is 6.32. The number of hydrogen-bond acceptors (Lipinski definition) is 5. The molecule has 1 atom stereocenters. The van der Waals surface area contributed by atoms with Crippen molar-refractivity contribution in [3.05, 3.63) is 65.1 Å². The maximum Gasteiger partial charge on any atom is 0.221 e. The van der Waals surface area contributed by atoms with Gasteiger partial charge in [0.15, 0.2) is 17.3 Å². The summed E-state index contributed by atoms with van der Waals surface area (Å²) in [5.74, 6) is 1.31. The van der Waals surface area contributed by atoms with Crippen molar-refractivity contribution in [2.45, 2.75) is 25.3 Å². The van der Waals surface area contributed by atoms with Crippen LogP contribution in [0.5, 0.6) is 0 Å². The molecule has 1 N–H and O–H groups in total. The molecule has 0 aliphatic carbocycles. The molecule has 1 amide bonds. The first kappa shape index (κ1) is 20.4. The lowest BCUT2D eigenvalue weighted by Crippen LogP contribution is -2.30. The molecule has 0 radical (unpaired) electrons. The number of amides is 1. The summed E-state index contributed by atoms with van der Waals surface area (Å²) < 4.78 is 1.88. The SMILES string of the molecule is CSCCC(NC(=O)CCC(=O)c1ccc(Cl)cc1)c1nnc2ccccn12. The van der Waals surface area contributed by atoms with Crippen LogP contribution in [-0.2, 0) is 4.79 Å². The van der Waals surface area contributed by atoms with Gasteiger partial charge in [-0.15, -0.1) is 10.2 Å². The fourth-order valence-corrected chi connectivity index (χ4v) is 3.47. The summed E-state index contributed by atoms with van der Waals surface area (Å²) in [6.07, 6.45) is 4.89. The number of halogens is 1.